The van der Waals surface area contributed by atoms with Crippen molar-refractivity contribution < 1.29 is 4.79 Å². The Balaban J connectivity index is 1.36. The van der Waals surface area contributed by atoms with Gasteiger partial charge in [0.25, 0.3) is 11.5 Å². The van der Waals surface area contributed by atoms with E-state index in [0.717, 1.165) is 27.4 Å². The lowest BCUT2D eigenvalue weighted by Gasteiger charge is -2.08. The molecule has 2 aromatic carbocycles. The number of benzene rings is 2. The van der Waals surface area contributed by atoms with Crippen LogP contribution in [0.4, 0.5) is 0 Å². The summed E-state index contributed by atoms with van der Waals surface area (Å²) in [5.74, 6) is -0.309. The van der Waals surface area contributed by atoms with Crippen LogP contribution in [0.2, 0.25) is 0 Å². The lowest BCUT2D eigenvalue weighted by atomic mass is 10.1. The Kier molecular flexibility index (Phi) is 6.33. The quantitative estimate of drug-likeness (QED) is 0.485. The molecule has 1 N–H and O–H groups in total. The number of nitrogens with one attached hydrogen (secondary N) is 1. The van der Waals surface area contributed by atoms with Crippen molar-refractivity contribution in [1.82, 2.24) is 20.1 Å². The van der Waals surface area contributed by atoms with Gasteiger partial charge in [-0.2, -0.15) is 5.10 Å². The third-order valence-corrected chi connectivity index (χ3v) is 5.73. The first-order valence-electron chi connectivity index (χ1n) is 10.0. The Labute approximate surface area is 184 Å². The SMILES string of the molecule is Cc1ccc(Cn2nc(C(=O)NCCc3csc(-c4ccccc4)n3)ccc2=O)cc1. The fourth-order valence-corrected chi connectivity index (χ4v) is 3.94. The Bertz CT molecular complexity index is 1230. The Morgan fingerprint density at radius 2 is 1.81 bits per heavy atom. The molecular weight excluding hydrogens is 408 g/mol. The van der Waals surface area contributed by atoms with Gasteiger partial charge in [0.2, 0.25) is 0 Å². The van der Waals surface area contributed by atoms with E-state index in [-0.39, 0.29) is 17.2 Å². The fourth-order valence-electron chi connectivity index (χ4n) is 3.08. The van der Waals surface area contributed by atoms with Crippen LogP contribution in [0.3, 0.4) is 0 Å². The zero-order valence-corrected chi connectivity index (χ0v) is 17.9. The first kappa shape index (κ1) is 20.7. The Hall–Kier alpha value is -3.58. The molecule has 0 saturated heterocycles. The molecule has 0 spiro atoms. The highest BCUT2D eigenvalue weighted by Crippen LogP contribution is 2.23. The van der Waals surface area contributed by atoms with Crippen molar-refractivity contribution in [3.8, 4) is 10.6 Å². The molecule has 2 heterocycles. The Morgan fingerprint density at radius 1 is 1.03 bits per heavy atom. The van der Waals surface area contributed by atoms with Crippen LogP contribution in [0.5, 0.6) is 0 Å². The van der Waals surface area contributed by atoms with Crippen LogP contribution in [0.25, 0.3) is 10.6 Å². The molecule has 156 valence electrons. The number of thiazole rings is 1. The summed E-state index contributed by atoms with van der Waals surface area (Å²) < 4.78 is 1.31. The maximum absolute atomic E-state index is 12.5. The van der Waals surface area contributed by atoms with Gasteiger partial charge in [-0.25, -0.2) is 9.67 Å². The van der Waals surface area contributed by atoms with E-state index in [0.29, 0.717) is 19.5 Å². The molecule has 1 amide bonds. The van der Waals surface area contributed by atoms with Crippen LogP contribution >= 0.6 is 11.3 Å². The number of rotatable bonds is 7. The molecule has 7 heteroatoms. The molecule has 0 saturated carbocycles. The highest BCUT2D eigenvalue weighted by atomic mass is 32.1. The van der Waals surface area contributed by atoms with Crippen LogP contribution < -0.4 is 10.9 Å². The van der Waals surface area contributed by atoms with Gasteiger partial charge >= 0.3 is 0 Å². The molecule has 0 bridgehead atoms. The normalized spacial score (nSPS) is 10.7. The van der Waals surface area contributed by atoms with E-state index in [9.17, 15) is 9.59 Å². The van der Waals surface area contributed by atoms with Crippen molar-refractivity contribution in [1.29, 1.82) is 0 Å². The van der Waals surface area contributed by atoms with Crippen molar-refractivity contribution in [2.24, 2.45) is 0 Å². The van der Waals surface area contributed by atoms with Crippen molar-refractivity contribution in [2.75, 3.05) is 6.54 Å². The highest BCUT2D eigenvalue weighted by Gasteiger charge is 2.11. The molecule has 0 atom stereocenters. The van der Waals surface area contributed by atoms with Crippen LogP contribution in [0, 0.1) is 6.92 Å². The molecular formula is C24H22N4O2S. The van der Waals surface area contributed by atoms with Gasteiger partial charge in [-0.1, -0.05) is 60.2 Å². The first-order valence-corrected chi connectivity index (χ1v) is 10.9. The van der Waals surface area contributed by atoms with E-state index in [1.54, 1.807) is 11.3 Å². The predicted octanol–water partition coefficient (Wildman–Crippen LogP) is 3.70. The standard InChI is InChI=1S/C24H22N4O2S/c1-17-7-9-18(10-8-17)15-28-22(29)12-11-21(27-28)23(30)25-14-13-20-16-31-24(26-20)19-5-3-2-4-6-19/h2-12,16H,13-15H2,1H3,(H,25,30). The average Bonchev–Trinajstić information content (AvgIpc) is 3.26. The number of nitrogens with zero attached hydrogens (tertiary/aromatic N) is 3. The smallest absolute Gasteiger partial charge is 0.271 e. The summed E-state index contributed by atoms with van der Waals surface area (Å²) >= 11 is 1.59. The van der Waals surface area contributed by atoms with Gasteiger partial charge in [-0.3, -0.25) is 9.59 Å². The second-order valence-electron chi connectivity index (χ2n) is 7.22. The second-order valence-corrected chi connectivity index (χ2v) is 8.07. The largest absolute Gasteiger partial charge is 0.350 e. The summed E-state index contributed by atoms with van der Waals surface area (Å²) in [5, 5.41) is 10.1. The minimum atomic E-state index is -0.309. The molecule has 0 aliphatic carbocycles. The van der Waals surface area contributed by atoms with Gasteiger partial charge < -0.3 is 5.32 Å². The highest BCUT2D eigenvalue weighted by molar-refractivity contribution is 7.13. The van der Waals surface area contributed by atoms with E-state index in [4.69, 9.17) is 0 Å². The lowest BCUT2D eigenvalue weighted by Crippen LogP contribution is -2.31. The summed E-state index contributed by atoms with van der Waals surface area (Å²) in [6, 6.07) is 20.7. The van der Waals surface area contributed by atoms with E-state index in [1.165, 1.54) is 16.8 Å². The average molecular weight is 431 g/mol. The van der Waals surface area contributed by atoms with Gasteiger partial charge in [-0.05, 0) is 18.6 Å². The third-order valence-electron chi connectivity index (χ3n) is 4.79. The van der Waals surface area contributed by atoms with Crippen molar-refractivity contribution in [2.45, 2.75) is 19.9 Å². The van der Waals surface area contributed by atoms with E-state index >= 15 is 0 Å². The van der Waals surface area contributed by atoms with Gasteiger partial charge in [-0.15, -0.1) is 11.3 Å². The zero-order valence-electron chi connectivity index (χ0n) is 17.1. The Morgan fingerprint density at radius 3 is 2.58 bits per heavy atom. The summed E-state index contributed by atoms with van der Waals surface area (Å²) in [7, 11) is 0. The molecule has 0 fully saturated rings. The third kappa shape index (κ3) is 5.32. The maximum Gasteiger partial charge on any atom is 0.271 e. The monoisotopic (exact) mass is 430 g/mol. The molecule has 2 aromatic heterocycles. The molecule has 6 nitrogen and oxygen atoms in total. The second kappa shape index (κ2) is 9.49. The molecule has 0 aliphatic rings. The van der Waals surface area contributed by atoms with Crippen molar-refractivity contribution >= 4 is 17.2 Å². The number of aryl methyl sites for hydroxylation is 1. The summed E-state index contributed by atoms with van der Waals surface area (Å²) in [6.07, 6.45) is 0.623. The van der Waals surface area contributed by atoms with Crippen molar-refractivity contribution in [3.05, 3.63) is 105 Å². The number of carbonyl (C=O) groups is 1. The van der Waals surface area contributed by atoms with Gasteiger partial charge in [0, 0.05) is 30.0 Å². The number of hydrogen-bond donors (Lipinski definition) is 1. The fraction of sp³-hybridized carbons (Fsp3) is 0.167. The molecule has 0 aliphatic heterocycles. The van der Waals surface area contributed by atoms with E-state index < -0.39 is 0 Å². The van der Waals surface area contributed by atoms with E-state index in [2.05, 4.69) is 15.4 Å². The predicted molar refractivity (Wildman–Crippen MR) is 122 cm³/mol. The first-order chi connectivity index (χ1) is 15.1. The van der Waals surface area contributed by atoms with Crippen LogP contribution in [-0.2, 0) is 13.0 Å². The topological polar surface area (TPSA) is 76.9 Å². The van der Waals surface area contributed by atoms with Crippen LogP contribution in [-0.4, -0.2) is 27.2 Å². The molecule has 31 heavy (non-hydrogen) atoms. The van der Waals surface area contributed by atoms with Gasteiger partial charge in [0.1, 0.15) is 10.7 Å². The maximum atomic E-state index is 12.5. The molecule has 0 radical (unpaired) electrons. The van der Waals surface area contributed by atoms with Crippen molar-refractivity contribution in [3.63, 3.8) is 0 Å². The van der Waals surface area contributed by atoms with Crippen LogP contribution in [0.15, 0.2) is 76.9 Å². The van der Waals surface area contributed by atoms with E-state index in [1.807, 2.05) is 66.9 Å². The lowest BCUT2D eigenvalue weighted by molar-refractivity contribution is 0.0946. The summed E-state index contributed by atoms with van der Waals surface area (Å²) in [6.45, 7) is 2.77. The zero-order chi connectivity index (χ0) is 21.6. The minimum absolute atomic E-state index is 0.218. The van der Waals surface area contributed by atoms with Crippen LogP contribution in [0.1, 0.15) is 27.3 Å². The minimum Gasteiger partial charge on any atom is -0.350 e. The molecule has 4 rings (SSSR count). The number of aromatic nitrogens is 3. The summed E-state index contributed by atoms with van der Waals surface area (Å²) in [5.41, 5.74) is 4.09. The number of hydrogen-bond acceptors (Lipinski definition) is 5. The molecule has 4 aromatic rings. The van der Waals surface area contributed by atoms with Gasteiger partial charge in [0.15, 0.2) is 0 Å². The molecule has 0 unspecified atom stereocenters. The number of carbonyl (C=O) groups excluding carboxylic acids is 1. The summed E-state index contributed by atoms with van der Waals surface area (Å²) in [4.78, 5) is 29.3. The van der Waals surface area contributed by atoms with Gasteiger partial charge in [0.05, 0.1) is 12.2 Å². The number of amides is 1.